The van der Waals surface area contributed by atoms with E-state index in [1.807, 2.05) is 30.3 Å². The summed E-state index contributed by atoms with van der Waals surface area (Å²) < 4.78 is 6.59. The van der Waals surface area contributed by atoms with Crippen LogP contribution in [0.4, 0.5) is 0 Å². The highest BCUT2D eigenvalue weighted by atomic mass is 16.5. The highest BCUT2D eigenvalue weighted by Gasteiger charge is 2.06. The summed E-state index contributed by atoms with van der Waals surface area (Å²) in [5, 5.41) is 1.67. The maximum Gasteiger partial charge on any atom is 0.258 e. The molecule has 0 fully saturated rings. The first-order valence-corrected chi connectivity index (χ1v) is 5.55. The molecule has 4 nitrogen and oxygen atoms in total. The van der Waals surface area contributed by atoms with Gasteiger partial charge in [-0.05, 0) is 17.5 Å². The molecule has 2 N–H and O–H groups in total. The number of hydrogen-bond donors (Lipinski definition) is 1. The largest absolute Gasteiger partial charge is 0.383 e. The van der Waals surface area contributed by atoms with Crippen LogP contribution >= 0.6 is 0 Å². The first-order chi connectivity index (χ1) is 8.22. The molecule has 0 amide bonds. The third-order valence-electron chi connectivity index (χ3n) is 2.70. The Morgan fingerprint density at radius 1 is 1.35 bits per heavy atom. The molecule has 2 rings (SSSR count). The number of aromatic nitrogens is 1. The summed E-state index contributed by atoms with van der Waals surface area (Å²) >= 11 is 0. The molecular formula is C13H16N2O2. The summed E-state index contributed by atoms with van der Waals surface area (Å²) in [5.41, 5.74) is 5.84. The molecule has 2 aromatic rings. The Hall–Kier alpha value is -1.65. The van der Waals surface area contributed by atoms with Crippen LogP contribution in [-0.4, -0.2) is 24.3 Å². The van der Waals surface area contributed by atoms with E-state index >= 15 is 0 Å². The van der Waals surface area contributed by atoms with Gasteiger partial charge in [-0.15, -0.1) is 0 Å². The van der Waals surface area contributed by atoms with E-state index in [2.05, 4.69) is 0 Å². The van der Waals surface area contributed by atoms with Crippen molar-refractivity contribution in [3.05, 3.63) is 46.9 Å². The average molecular weight is 232 g/mol. The molecule has 1 aromatic carbocycles. The van der Waals surface area contributed by atoms with Crippen molar-refractivity contribution in [3.63, 3.8) is 0 Å². The average Bonchev–Trinajstić information content (AvgIpc) is 2.33. The predicted molar refractivity (Wildman–Crippen MR) is 68.1 cm³/mol. The fourth-order valence-corrected chi connectivity index (χ4v) is 1.89. The SMILES string of the molecule is COCC(N)Cn1ccc2ccccc2c1=O. The molecule has 1 unspecified atom stereocenters. The summed E-state index contributed by atoms with van der Waals surface area (Å²) in [4.78, 5) is 12.1. The summed E-state index contributed by atoms with van der Waals surface area (Å²) in [7, 11) is 1.60. The molecule has 0 saturated heterocycles. The topological polar surface area (TPSA) is 57.2 Å². The third kappa shape index (κ3) is 2.54. The van der Waals surface area contributed by atoms with Gasteiger partial charge < -0.3 is 15.0 Å². The minimum Gasteiger partial charge on any atom is -0.383 e. The number of nitrogens with zero attached hydrogens (tertiary/aromatic N) is 1. The Bertz CT molecular complexity index is 563. The molecule has 0 aliphatic rings. The van der Waals surface area contributed by atoms with E-state index in [1.165, 1.54) is 0 Å². The summed E-state index contributed by atoms with van der Waals surface area (Å²) in [6.45, 7) is 0.913. The van der Waals surface area contributed by atoms with Gasteiger partial charge in [-0.3, -0.25) is 4.79 Å². The Balaban J connectivity index is 2.36. The van der Waals surface area contributed by atoms with E-state index in [0.717, 1.165) is 10.8 Å². The summed E-state index contributed by atoms with van der Waals surface area (Å²) in [5.74, 6) is 0. The maximum absolute atomic E-state index is 12.1. The molecule has 1 atom stereocenters. The van der Waals surface area contributed by atoms with Crippen LogP contribution in [0.1, 0.15) is 0 Å². The third-order valence-corrected chi connectivity index (χ3v) is 2.70. The van der Waals surface area contributed by atoms with Gasteiger partial charge in [0, 0.05) is 31.3 Å². The molecule has 4 heteroatoms. The number of benzene rings is 1. The van der Waals surface area contributed by atoms with Gasteiger partial charge in [-0.1, -0.05) is 18.2 Å². The maximum atomic E-state index is 12.1. The summed E-state index contributed by atoms with van der Waals surface area (Å²) in [6.07, 6.45) is 1.78. The molecule has 1 heterocycles. The van der Waals surface area contributed by atoms with E-state index in [4.69, 9.17) is 10.5 Å². The molecular weight excluding hydrogens is 216 g/mol. The number of fused-ring (bicyclic) bond motifs is 1. The normalized spacial score (nSPS) is 12.8. The molecule has 0 bridgehead atoms. The van der Waals surface area contributed by atoms with Crippen molar-refractivity contribution in [2.45, 2.75) is 12.6 Å². The molecule has 0 spiro atoms. The smallest absolute Gasteiger partial charge is 0.258 e. The van der Waals surface area contributed by atoms with Crippen LogP contribution in [0.25, 0.3) is 10.8 Å². The lowest BCUT2D eigenvalue weighted by atomic mass is 10.2. The molecule has 0 aliphatic heterocycles. The Morgan fingerprint density at radius 2 is 2.12 bits per heavy atom. The van der Waals surface area contributed by atoms with Gasteiger partial charge in [0.05, 0.1) is 6.61 Å². The van der Waals surface area contributed by atoms with Gasteiger partial charge in [0.1, 0.15) is 0 Å². The predicted octanol–water partition coefficient (Wildman–Crippen LogP) is 0.975. The van der Waals surface area contributed by atoms with Crippen molar-refractivity contribution in [2.24, 2.45) is 5.73 Å². The van der Waals surface area contributed by atoms with Gasteiger partial charge in [-0.2, -0.15) is 0 Å². The van der Waals surface area contributed by atoms with Crippen molar-refractivity contribution in [1.29, 1.82) is 0 Å². The Kier molecular flexibility index (Phi) is 3.56. The first kappa shape index (κ1) is 11.8. The van der Waals surface area contributed by atoms with Crippen LogP contribution in [0.3, 0.4) is 0 Å². The molecule has 17 heavy (non-hydrogen) atoms. The highest BCUT2D eigenvalue weighted by molar-refractivity contribution is 5.81. The van der Waals surface area contributed by atoms with Gasteiger partial charge in [0.2, 0.25) is 0 Å². The van der Waals surface area contributed by atoms with Gasteiger partial charge in [0.25, 0.3) is 5.56 Å². The molecule has 0 saturated carbocycles. The lowest BCUT2D eigenvalue weighted by Crippen LogP contribution is -2.34. The number of pyridine rings is 1. The highest BCUT2D eigenvalue weighted by Crippen LogP contribution is 2.08. The van der Waals surface area contributed by atoms with E-state index in [9.17, 15) is 4.79 Å². The van der Waals surface area contributed by atoms with E-state index in [-0.39, 0.29) is 11.6 Å². The first-order valence-electron chi connectivity index (χ1n) is 5.55. The molecule has 1 aromatic heterocycles. The zero-order valence-electron chi connectivity index (χ0n) is 9.80. The van der Waals surface area contributed by atoms with Crippen molar-refractivity contribution in [1.82, 2.24) is 4.57 Å². The fourth-order valence-electron chi connectivity index (χ4n) is 1.89. The molecule has 0 aliphatic carbocycles. The van der Waals surface area contributed by atoms with Gasteiger partial charge in [0.15, 0.2) is 0 Å². The van der Waals surface area contributed by atoms with E-state index in [1.54, 1.807) is 17.9 Å². The zero-order chi connectivity index (χ0) is 12.3. The molecule has 90 valence electrons. The van der Waals surface area contributed by atoms with Crippen LogP contribution in [0.5, 0.6) is 0 Å². The standard InChI is InChI=1S/C13H16N2O2/c1-17-9-11(14)8-15-7-6-10-4-2-3-5-12(10)13(15)16/h2-7,11H,8-9,14H2,1H3. The van der Waals surface area contributed by atoms with Crippen molar-refractivity contribution < 1.29 is 4.74 Å². The van der Waals surface area contributed by atoms with Gasteiger partial charge in [-0.25, -0.2) is 0 Å². The Morgan fingerprint density at radius 3 is 2.88 bits per heavy atom. The second-order valence-electron chi connectivity index (χ2n) is 4.08. The number of ether oxygens (including phenoxy) is 1. The zero-order valence-corrected chi connectivity index (χ0v) is 9.80. The lowest BCUT2D eigenvalue weighted by Gasteiger charge is -2.13. The van der Waals surface area contributed by atoms with Crippen LogP contribution in [0.2, 0.25) is 0 Å². The van der Waals surface area contributed by atoms with Crippen LogP contribution in [0.15, 0.2) is 41.3 Å². The summed E-state index contributed by atoms with van der Waals surface area (Å²) in [6, 6.07) is 9.30. The second kappa shape index (κ2) is 5.12. The quantitative estimate of drug-likeness (QED) is 0.854. The van der Waals surface area contributed by atoms with Gasteiger partial charge >= 0.3 is 0 Å². The second-order valence-corrected chi connectivity index (χ2v) is 4.08. The Labute approximate surface area is 99.6 Å². The van der Waals surface area contributed by atoms with Crippen molar-refractivity contribution >= 4 is 10.8 Å². The number of rotatable bonds is 4. The van der Waals surface area contributed by atoms with Crippen molar-refractivity contribution in [3.8, 4) is 0 Å². The number of nitrogens with two attached hydrogens (primary N) is 1. The monoisotopic (exact) mass is 232 g/mol. The minimum absolute atomic E-state index is 0.00495. The van der Waals surface area contributed by atoms with Crippen LogP contribution in [0, 0.1) is 0 Å². The molecule has 0 radical (unpaired) electrons. The lowest BCUT2D eigenvalue weighted by molar-refractivity contribution is 0.173. The van der Waals surface area contributed by atoms with Crippen LogP contribution in [-0.2, 0) is 11.3 Å². The van der Waals surface area contributed by atoms with E-state index in [0.29, 0.717) is 13.2 Å². The van der Waals surface area contributed by atoms with Crippen LogP contribution < -0.4 is 11.3 Å². The number of hydrogen-bond acceptors (Lipinski definition) is 3. The minimum atomic E-state index is -0.168. The van der Waals surface area contributed by atoms with Crippen molar-refractivity contribution in [2.75, 3.05) is 13.7 Å². The fraction of sp³-hybridized carbons (Fsp3) is 0.308. The number of methoxy groups -OCH3 is 1. The van der Waals surface area contributed by atoms with E-state index < -0.39 is 0 Å².